The van der Waals surface area contributed by atoms with Crippen LogP contribution < -0.4 is 5.32 Å². The summed E-state index contributed by atoms with van der Waals surface area (Å²) in [6, 6.07) is 3.15. The maximum Gasteiger partial charge on any atom is 0.363 e. The molecule has 98 valence electrons. The Balaban J connectivity index is 1.95. The van der Waals surface area contributed by atoms with Crippen LogP contribution in [0.15, 0.2) is 18.3 Å². The highest BCUT2D eigenvalue weighted by Crippen LogP contribution is 2.40. The molecule has 0 amide bonds. The summed E-state index contributed by atoms with van der Waals surface area (Å²) in [5.41, 5.74) is 0.848. The van der Waals surface area contributed by atoms with Gasteiger partial charge in [-0.2, -0.15) is 11.8 Å². The van der Waals surface area contributed by atoms with E-state index < -0.39 is 4.92 Å². The molecule has 1 aromatic rings. The molecule has 1 fully saturated rings. The molecule has 1 N–H and O–H groups in total. The minimum absolute atomic E-state index is 0.110. The Morgan fingerprint density at radius 1 is 1.50 bits per heavy atom. The highest BCUT2D eigenvalue weighted by Gasteiger charge is 2.32. The van der Waals surface area contributed by atoms with Crippen molar-refractivity contribution in [1.82, 2.24) is 4.98 Å². The van der Waals surface area contributed by atoms with E-state index in [-0.39, 0.29) is 5.82 Å². The molecule has 1 aliphatic carbocycles. The molecule has 0 atom stereocenters. The van der Waals surface area contributed by atoms with Crippen LogP contribution in [0.1, 0.15) is 25.7 Å². The Bertz CT molecular complexity index is 416. The number of hydrogen-bond donors (Lipinski definition) is 1. The van der Waals surface area contributed by atoms with Crippen LogP contribution in [0.3, 0.4) is 0 Å². The number of nitrogens with zero attached hydrogens (tertiary/aromatic N) is 2. The van der Waals surface area contributed by atoms with Crippen LogP contribution in [-0.4, -0.2) is 27.5 Å². The predicted molar refractivity (Wildman–Crippen MR) is 74.1 cm³/mol. The van der Waals surface area contributed by atoms with E-state index in [0.717, 1.165) is 12.2 Å². The summed E-state index contributed by atoms with van der Waals surface area (Å²) in [5.74, 6) is -0.110. The minimum atomic E-state index is -0.482. The van der Waals surface area contributed by atoms with Gasteiger partial charge in [0.05, 0.1) is 5.69 Å². The van der Waals surface area contributed by atoms with Crippen LogP contribution in [0.2, 0.25) is 0 Å². The van der Waals surface area contributed by atoms with E-state index >= 15 is 0 Å². The number of hydrogen-bond acceptors (Lipinski definition) is 5. The fourth-order valence-electron chi connectivity index (χ4n) is 2.33. The van der Waals surface area contributed by atoms with Gasteiger partial charge in [-0.15, -0.1) is 0 Å². The summed E-state index contributed by atoms with van der Waals surface area (Å²) in [6.07, 6.45) is 8.74. The lowest BCUT2D eigenvalue weighted by atomic mass is 10.1. The number of rotatable bonds is 5. The molecular formula is C12H17N3O2S. The summed E-state index contributed by atoms with van der Waals surface area (Å²) in [5, 5.41) is 13.8. The van der Waals surface area contributed by atoms with E-state index in [0.29, 0.717) is 4.75 Å². The van der Waals surface area contributed by atoms with E-state index in [2.05, 4.69) is 16.6 Å². The number of pyridine rings is 1. The fraction of sp³-hybridized carbons (Fsp3) is 0.583. The number of aromatic nitrogens is 1. The minimum Gasteiger partial charge on any atom is -0.381 e. The summed E-state index contributed by atoms with van der Waals surface area (Å²) >= 11 is 1.92. The molecule has 1 aliphatic rings. The molecule has 0 saturated heterocycles. The Labute approximate surface area is 111 Å². The largest absolute Gasteiger partial charge is 0.381 e. The second-order valence-electron chi connectivity index (χ2n) is 4.61. The Morgan fingerprint density at radius 2 is 2.22 bits per heavy atom. The molecule has 0 spiro atoms. The van der Waals surface area contributed by atoms with Crippen LogP contribution in [-0.2, 0) is 0 Å². The van der Waals surface area contributed by atoms with Crippen molar-refractivity contribution in [2.45, 2.75) is 30.4 Å². The molecule has 0 radical (unpaired) electrons. The second kappa shape index (κ2) is 5.56. The van der Waals surface area contributed by atoms with Crippen molar-refractivity contribution in [3.63, 3.8) is 0 Å². The van der Waals surface area contributed by atoms with Gasteiger partial charge < -0.3 is 15.4 Å². The third-order valence-corrected chi connectivity index (χ3v) is 4.92. The molecule has 1 saturated carbocycles. The predicted octanol–water partition coefficient (Wildman–Crippen LogP) is 3.08. The number of anilines is 1. The van der Waals surface area contributed by atoms with Gasteiger partial charge in [0.15, 0.2) is 6.20 Å². The summed E-state index contributed by atoms with van der Waals surface area (Å²) in [6.45, 7) is 0.896. The van der Waals surface area contributed by atoms with E-state index in [4.69, 9.17) is 0 Å². The van der Waals surface area contributed by atoms with Crippen molar-refractivity contribution in [2.24, 2.45) is 0 Å². The van der Waals surface area contributed by atoms with Gasteiger partial charge in [-0.05, 0) is 35.1 Å². The lowest BCUT2D eigenvalue weighted by Gasteiger charge is -2.27. The van der Waals surface area contributed by atoms with Crippen molar-refractivity contribution in [3.05, 3.63) is 28.4 Å². The molecule has 0 bridgehead atoms. The van der Waals surface area contributed by atoms with Crippen molar-refractivity contribution in [3.8, 4) is 0 Å². The standard InChI is InChI=1S/C12H17N3O2S/c1-18-12(6-2-3-7-12)9-14-10-4-5-11(13-8-10)15(16)17/h4-5,8,14H,2-3,6-7,9H2,1H3. The van der Waals surface area contributed by atoms with Crippen LogP contribution in [0, 0.1) is 10.1 Å². The van der Waals surface area contributed by atoms with Crippen LogP contribution in [0.25, 0.3) is 0 Å². The van der Waals surface area contributed by atoms with Gasteiger partial charge in [0.1, 0.15) is 0 Å². The highest BCUT2D eigenvalue weighted by atomic mass is 32.2. The van der Waals surface area contributed by atoms with Gasteiger partial charge in [-0.25, -0.2) is 0 Å². The first-order valence-electron chi connectivity index (χ1n) is 6.05. The van der Waals surface area contributed by atoms with Crippen molar-refractivity contribution < 1.29 is 4.92 Å². The fourth-order valence-corrected chi connectivity index (χ4v) is 3.25. The zero-order valence-corrected chi connectivity index (χ0v) is 11.2. The first kappa shape index (κ1) is 13.1. The molecule has 18 heavy (non-hydrogen) atoms. The summed E-state index contributed by atoms with van der Waals surface area (Å²) < 4.78 is 0.321. The Morgan fingerprint density at radius 3 is 2.72 bits per heavy atom. The third-order valence-electron chi connectivity index (χ3n) is 3.50. The normalized spacial score (nSPS) is 17.6. The maximum atomic E-state index is 10.5. The zero-order valence-electron chi connectivity index (χ0n) is 10.4. The quantitative estimate of drug-likeness (QED) is 0.656. The molecule has 1 aromatic heterocycles. The van der Waals surface area contributed by atoms with Gasteiger partial charge in [0, 0.05) is 17.4 Å². The van der Waals surface area contributed by atoms with Gasteiger partial charge in [0.25, 0.3) is 0 Å². The smallest absolute Gasteiger partial charge is 0.363 e. The van der Waals surface area contributed by atoms with E-state index in [1.54, 1.807) is 6.07 Å². The third kappa shape index (κ3) is 2.93. The molecule has 2 rings (SSSR count). The number of thioether (sulfide) groups is 1. The topological polar surface area (TPSA) is 68.1 Å². The van der Waals surface area contributed by atoms with Gasteiger partial charge in [0.2, 0.25) is 0 Å². The lowest BCUT2D eigenvalue weighted by Crippen LogP contribution is -2.30. The van der Waals surface area contributed by atoms with Crippen molar-refractivity contribution >= 4 is 23.3 Å². The Kier molecular flexibility index (Phi) is 4.06. The van der Waals surface area contributed by atoms with Crippen molar-refractivity contribution in [1.29, 1.82) is 0 Å². The molecular weight excluding hydrogens is 250 g/mol. The van der Waals surface area contributed by atoms with E-state index in [9.17, 15) is 10.1 Å². The maximum absolute atomic E-state index is 10.5. The van der Waals surface area contributed by atoms with E-state index in [1.165, 1.54) is 37.9 Å². The van der Waals surface area contributed by atoms with Crippen molar-refractivity contribution in [2.75, 3.05) is 18.1 Å². The average Bonchev–Trinajstić information content (AvgIpc) is 2.86. The molecule has 1 heterocycles. The van der Waals surface area contributed by atoms with Gasteiger partial charge >= 0.3 is 5.82 Å². The first-order chi connectivity index (χ1) is 8.65. The van der Waals surface area contributed by atoms with Crippen LogP contribution in [0.5, 0.6) is 0 Å². The monoisotopic (exact) mass is 267 g/mol. The molecule has 0 aromatic carbocycles. The van der Waals surface area contributed by atoms with Crippen LogP contribution in [0.4, 0.5) is 11.5 Å². The van der Waals surface area contributed by atoms with Crippen LogP contribution >= 0.6 is 11.8 Å². The Hall–Kier alpha value is -1.30. The average molecular weight is 267 g/mol. The highest BCUT2D eigenvalue weighted by molar-refractivity contribution is 8.00. The zero-order chi connectivity index (χ0) is 13.0. The lowest BCUT2D eigenvalue weighted by molar-refractivity contribution is -0.389. The number of nitro groups is 1. The van der Waals surface area contributed by atoms with E-state index in [1.807, 2.05) is 11.8 Å². The summed E-state index contributed by atoms with van der Waals surface area (Å²) in [7, 11) is 0. The summed E-state index contributed by atoms with van der Waals surface area (Å²) in [4.78, 5) is 13.8. The molecule has 6 heteroatoms. The number of nitrogens with one attached hydrogen (secondary N) is 1. The first-order valence-corrected chi connectivity index (χ1v) is 7.27. The molecule has 0 aliphatic heterocycles. The van der Waals surface area contributed by atoms with Gasteiger partial charge in [-0.3, -0.25) is 0 Å². The molecule has 0 unspecified atom stereocenters. The molecule has 5 nitrogen and oxygen atoms in total. The van der Waals surface area contributed by atoms with Gasteiger partial charge in [-0.1, -0.05) is 12.8 Å². The SMILES string of the molecule is CSC1(CNc2ccc([N+](=O)[O-])nc2)CCCC1. The second-order valence-corrected chi connectivity index (χ2v) is 5.88.